The third-order valence-corrected chi connectivity index (χ3v) is 3.98. The number of rotatable bonds is 7. The molecule has 1 amide bonds. The van der Waals surface area contributed by atoms with E-state index in [9.17, 15) is 9.18 Å². The topological polar surface area (TPSA) is 65.5 Å². The van der Waals surface area contributed by atoms with E-state index in [0.29, 0.717) is 24.6 Å². The van der Waals surface area contributed by atoms with Crippen LogP contribution in [0.1, 0.15) is 30.5 Å². The molecule has 6 heteroatoms. The summed E-state index contributed by atoms with van der Waals surface area (Å²) in [7, 11) is 0. The second-order valence-electron chi connectivity index (χ2n) is 6.33. The Labute approximate surface area is 160 Å². The molecule has 0 aliphatic carbocycles. The van der Waals surface area contributed by atoms with Gasteiger partial charge in [-0.1, -0.05) is 24.3 Å². The van der Waals surface area contributed by atoms with Gasteiger partial charge in [-0.2, -0.15) is 0 Å². The van der Waals surface area contributed by atoms with E-state index in [1.807, 2.05) is 37.3 Å². The van der Waals surface area contributed by atoms with Crippen molar-refractivity contribution in [2.24, 2.45) is 4.99 Å². The molecule has 0 aliphatic rings. The molecule has 2 aromatic rings. The van der Waals surface area contributed by atoms with Gasteiger partial charge >= 0.3 is 0 Å². The van der Waals surface area contributed by atoms with Crippen LogP contribution in [0.15, 0.2) is 47.5 Å². The molecule has 0 heterocycles. The van der Waals surface area contributed by atoms with Crippen molar-refractivity contribution in [1.82, 2.24) is 10.6 Å². The number of halogens is 1. The molecular formula is C21H27FN4O. The number of amides is 1. The predicted molar refractivity (Wildman–Crippen MR) is 108 cm³/mol. The fourth-order valence-corrected chi connectivity index (χ4v) is 2.53. The van der Waals surface area contributed by atoms with Gasteiger partial charge in [0, 0.05) is 25.7 Å². The molecule has 0 fully saturated rings. The van der Waals surface area contributed by atoms with Gasteiger partial charge in [-0.15, -0.1) is 0 Å². The monoisotopic (exact) mass is 370 g/mol. The lowest BCUT2D eigenvalue weighted by Crippen LogP contribution is -2.38. The van der Waals surface area contributed by atoms with Crippen LogP contribution in [0.4, 0.5) is 10.1 Å². The van der Waals surface area contributed by atoms with Gasteiger partial charge in [0.15, 0.2) is 5.96 Å². The fraction of sp³-hybridized carbons (Fsp3) is 0.333. The zero-order valence-corrected chi connectivity index (χ0v) is 16.1. The predicted octanol–water partition coefficient (Wildman–Crippen LogP) is 3.39. The molecule has 144 valence electrons. The minimum Gasteiger partial charge on any atom is -0.357 e. The number of anilines is 1. The third-order valence-electron chi connectivity index (χ3n) is 3.98. The first-order chi connectivity index (χ1) is 13.0. The number of aliphatic imine (C=N–C) groups is 1. The summed E-state index contributed by atoms with van der Waals surface area (Å²) >= 11 is 0. The normalized spacial score (nSPS) is 11.2. The van der Waals surface area contributed by atoms with Gasteiger partial charge in [0.1, 0.15) is 5.82 Å². The summed E-state index contributed by atoms with van der Waals surface area (Å²) in [5, 5.41) is 9.23. The summed E-state index contributed by atoms with van der Waals surface area (Å²) in [6, 6.07) is 13.0. The summed E-state index contributed by atoms with van der Waals surface area (Å²) in [5.74, 6) is 0.418. The molecule has 0 unspecified atom stereocenters. The Morgan fingerprint density at radius 3 is 2.41 bits per heavy atom. The van der Waals surface area contributed by atoms with Crippen LogP contribution in [-0.2, 0) is 17.8 Å². The average molecular weight is 370 g/mol. The van der Waals surface area contributed by atoms with E-state index in [4.69, 9.17) is 0 Å². The molecule has 0 aliphatic heterocycles. The minimum atomic E-state index is -0.205. The minimum absolute atomic E-state index is 0.0793. The number of carbonyl (C=O) groups excluding carboxylic acids is 1. The number of hydrogen-bond donors (Lipinski definition) is 3. The average Bonchev–Trinajstić information content (AvgIpc) is 2.63. The molecule has 0 bridgehead atoms. The molecule has 0 atom stereocenters. The van der Waals surface area contributed by atoms with E-state index in [-0.39, 0.29) is 11.7 Å². The second kappa shape index (κ2) is 10.3. The van der Waals surface area contributed by atoms with E-state index in [2.05, 4.69) is 20.9 Å². The van der Waals surface area contributed by atoms with Crippen molar-refractivity contribution in [3.05, 3.63) is 65.0 Å². The zero-order chi connectivity index (χ0) is 19.6. The summed E-state index contributed by atoms with van der Waals surface area (Å²) in [4.78, 5) is 15.6. The van der Waals surface area contributed by atoms with Crippen molar-refractivity contribution >= 4 is 17.6 Å². The molecule has 5 nitrogen and oxygen atoms in total. The summed E-state index contributed by atoms with van der Waals surface area (Å²) < 4.78 is 13.6. The Morgan fingerprint density at radius 1 is 1.07 bits per heavy atom. The number of nitrogens with one attached hydrogen (secondary N) is 3. The lowest BCUT2D eigenvalue weighted by molar-refractivity contribution is -0.114. The van der Waals surface area contributed by atoms with Crippen molar-refractivity contribution in [1.29, 1.82) is 0 Å². The van der Waals surface area contributed by atoms with Gasteiger partial charge in [0.2, 0.25) is 5.91 Å². The SMILES string of the molecule is CCNC(=NCc1ccc(C)c(F)c1)NCCc1ccc(NC(C)=O)cc1. The van der Waals surface area contributed by atoms with Gasteiger partial charge < -0.3 is 16.0 Å². The molecule has 2 aromatic carbocycles. The van der Waals surface area contributed by atoms with Crippen molar-refractivity contribution < 1.29 is 9.18 Å². The molecule has 0 spiro atoms. The van der Waals surface area contributed by atoms with Crippen LogP contribution >= 0.6 is 0 Å². The summed E-state index contributed by atoms with van der Waals surface area (Å²) in [5.41, 5.74) is 3.42. The van der Waals surface area contributed by atoms with Crippen LogP contribution in [0.3, 0.4) is 0 Å². The highest BCUT2D eigenvalue weighted by molar-refractivity contribution is 5.88. The van der Waals surface area contributed by atoms with Crippen LogP contribution in [-0.4, -0.2) is 25.0 Å². The number of benzene rings is 2. The Balaban J connectivity index is 1.87. The van der Waals surface area contributed by atoms with Gasteiger partial charge in [-0.25, -0.2) is 9.38 Å². The maximum absolute atomic E-state index is 13.6. The van der Waals surface area contributed by atoms with Crippen molar-refractivity contribution in [2.75, 3.05) is 18.4 Å². The van der Waals surface area contributed by atoms with E-state index in [0.717, 1.165) is 29.8 Å². The highest BCUT2D eigenvalue weighted by Gasteiger charge is 2.02. The molecule has 0 aromatic heterocycles. The van der Waals surface area contributed by atoms with Crippen LogP contribution in [0.25, 0.3) is 0 Å². The summed E-state index contributed by atoms with van der Waals surface area (Å²) in [6.07, 6.45) is 0.823. The third kappa shape index (κ3) is 7.09. The highest BCUT2D eigenvalue weighted by Crippen LogP contribution is 2.11. The Bertz CT molecular complexity index is 787. The van der Waals surface area contributed by atoms with Crippen molar-refractivity contribution in [2.45, 2.75) is 33.7 Å². The number of nitrogens with zero attached hydrogens (tertiary/aromatic N) is 1. The van der Waals surface area contributed by atoms with Crippen molar-refractivity contribution in [3.63, 3.8) is 0 Å². The van der Waals surface area contributed by atoms with E-state index in [1.54, 1.807) is 13.0 Å². The van der Waals surface area contributed by atoms with Gasteiger partial charge in [-0.3, -0.25) is 4.79 Å². The number of guanidine groups is 1. The standard InChI is InChI=1S/C21H27FN4O/c1-4-23-21(25-14-18-6-5-15(2)20(22)13-18)24-12-11-17-7-9-19(10-8-17)26-16(3)27/h5-10,13H,4,11-12,14H2,1-3H3,(H,26,27)(H2,23,24,25). The first-order valence-electron chi connectivity index (χ1n) is 9.11. The maximum Gasteiger partial charge on any atom is 0.221 e. The first-order valence-corrected chi connectivity index (χ1v) is 9.11. The van der Waals surface area contributed by atoms with Crippen LogP contribution in [0.5, 0.6) is 0 Å². The molecular weight excluding hydrogens is 343 g/mol. The maximum atomic E-state index is 13.6. The van der Waals surface area contributed by atoms with Gasteiger partial charge in [-0.05, 0) is 55.2 Å². The van der Waals surface area contributed by atoms with Crippen LogP contribution in [0, 0.1) is 12.7 Å². The first kappa shape index (κ1) is 20.4. The lowest BCUT2D eigenvalue weighted by Gasteiger charge is -2.12. The van der Waals surface area contributed by atoms with Gasteiger partial charge in [0.05, 0.1) is 6.54 Å². The second-order valence-corrected chi connectivity index (χ2v) is 6.33. The molecule has 0 saturated heterocycles. The van der Waals surface area contributed by atoms with E-state index < -0.39 is 0 Å². The number of aryl methyl sites for hydroxylation is 1. The van der Waals surface area contributed by atoms with Crippen molar-refractivity contribution in [3.8, 4) is 0 Å². The van der Waals surface area contributed by atoms with E-state index in [1.165, 1.54) is 13.0 Å². The molecule has 27 heavy (non-hydrogen) atoms. The molecule has 0 saturated carbocycles. The quantitative estimate of drug-likeness (QED) is 0.517. The smallest absolute Gasteiger partial charge is 0.221 e. The molecule has 3 N–H and O–H groups in total. The largest absolute Gasteiger partial charge is 0.357 e. The molecule has 0 radical (unpaired) electrons. The van der Waals surface area contributed by atoms with Crippen LogP contribution in [0.2, 0.25) is 0 Å². The fourth-order valence-electron chi connectivity index (χ4n) is 2.53. The lowest BCUT2D eigenvalue weighted by atomic mass is 10.1. The Morgan fingerprint density at radius 2 is 1.78 bits per heavy atom. The Hall–Kier alpha value is -2.89. The zero-order valence-electron chi connectivity index (χ0n) is 16.1. The van der Waals surface area contributed by atoms with Gasteiger partial charge in [0.25, 0.3) is 0 Å². The summed E-state index contributed by atoms with van der Waals surface area (Å²) in [6.45, 7) is 7.12. The van der Waals surface area contributed by atoms with Crippen LogP contribution < -0.4 is 16.0 Å². The van der Waals surface area contributed by atoms with E-state index >= 15 is 0 Å². The highest BCUT2D eigenvalue weighted by atomic mass is 19.1. The number of carbonyl (C=O) groups is 1. The number of hydrogen-bond acceptors (Lipinski definition) is 2. The Kier molecular flexibility index (Phi) is 7.79. The molecule has 2 rings (SSSR count).